The van der Waals surface area contributed by atoms with E-state index in [2.05, 4.69) is 320 Å². The van der Waals surface area contributed by atoms with Crippen LogP contribution in [0, 0.1) is 13.8 Å². The SMILES string of the molecule is Cc1cc(-c2ccccc2)ncc1N1c2ccc(N(c3ccccc3)c3ccccc3)cc2C(C)(C)c2cc(N(c3ccccc3)c3ccccc3)ccc21.Cc1nc(-c2ccccc2)ccc1N1c2ccc(N(c3ccccn3)c3ccccn3)cc2C(C)(C)c2cc(N(c3ccccn3)c3ccccn3)ccc21. The second-order valence-corrected chi connectivity index (χ2v) is 28.6. The van der Waals surface area contributed by atoms with Gasteiger partial charge in [-0.2, -0.15) is 0 Å². The third-order valence-corrected chi connectivity index (χ3v) is 20.9. The molecule has 12 nitrogen and oxygen atoms in total. The van der Waals surface area contributed by atoms with E-state index in [9.17, 15) is 0 Å². The zero-order valence-electron chi connectivity index (χ0n) is 62.2. The van der Waals surface area contributed by atoms with Gasteiger partial charge in [-0.3, -0.25) is 19.8 Å². The number of hydrogen-bond donors (Lipinski definition) is 0. The van der Waals surface area contributed by atoms with Crippen LogP contribution in [0.3, 0.4) is 0 Å². The fourth-order valence-corrected chi connectivity index (χ4v) is 15.5. The number of aryl methyl sites for hydroxylation is 2. The number of hydrogen-bond acceptors (Lipinski definition) is 12. The minimum Gasteiger partial charge on any atom is -0.310 e. The lowest BCUT2D eigenvalue weighted by atomic mass is 9.73. The summed E-state index contributed by atoms with van der Waals surface area (Å²) in [6.07, 6.45) is 9.31. The van der Waals surface area contributed by atoms with Gasteiger partial charge in [0, 0.05) is 92.2 Å². The average molecular weight is 1430 g/mol. The lowest BCUT2D eigenvalue weighted by molar-refractivity contribution is 0.631. The van der Waals surface area contributed by atoms with Crippen molar-refractivity contribution in [2.45, 2.75) is 52.4 Å². The normalized spacial score (nSPS) is 12.7. The van der Waals surface area contributed by atoms with Gasteiger partial charge in [0.1, 0.15) is 23.3 Å². The summed E-state index contributed by atoms with van der Waals surface area (Å²) in [5.74, 6) is 3.14. The molecule has 0 N–H and O–H groups in total. The second kappa shape index (κ2) is 29.7. The molecule has 0 saturated heterocycles. The second-order valence-electron chi connectivity index (χ2n) is 28.6. The van der Waals surface area contributed by atoms with Crippen LogP contribution in [0.4, 0.5) is 103 Å². The highest BCUT2D eigenvalue weighted by Crippen LogP contribution is 2.58. The maximum absolute atomic E-state index is 5.16. The van der Waals surface area contributed by atoms with Gasteiger partial charge in [0.25, 0.3) is 0 Å². The highest BCUT2D eigenvalue weighted by Gasteiger charge is 2.41. The first-order valence-corrected chi connectivity index (χ1v) is 37.2. The number of fused-ring (bicyclic) bond motifs is 4. The molecule has 0 spiro atoms. The van der Waals surface area contributed by atoms with E-state index in [1.807, 2.05) is 128 Å². The van der Waals surface area contributed by atoms with Gasteiger partial charge in [-0.05, 0) is 230 Å². The largest absolute Gasteiger partial charge is 0.310 e. The lowest BCUT2D eigenvalue weighted by Crippen LogP contribution is -2.31. The summed E-state index contributed by atoms with van der Waals surface area (Å²) in [6, 6.07) is 121. The van der Waals surface area contributed by atoms with E-state index in [4.69, 9.17) is 29.9 Å². The third kappa shape index (κ3) is 13.2. The van der Waals surface area contributed by atoms with Crippen molar-refractivity contribution < 1.29 is 0 Å². The van der Waals surface area contributed by atoms with Crippen molar-refractivity contribution in [1.82, 2.24) is 29.9 Å². The molecule has 2 aliphatic heterocycles. The van der Waals surface area contributed by atoms with Crippen LogP contribution in [0.15, 0.2) is 377 Å². The lowest BCUT2D eigenvalue weighted by Gasteiger charge is -2.43. The van der Waals surface area contributed by atoms with E-state index in [1.54, 1.807) is 0 Å². The van der Waals surface area contributed by atoms with Crippen LogP contribution >= 0.6 is 0 Å². The molecule has 0 aliphatic carbocycles. The van der Waals surface area contributed by atoms with Crippen LogP contribution < -0.4 is 29.4 Å². The third-order valence-electron chi connectivity index (χ3n) is 20.9. The first kappa shape index (κ1) is 69.0. The number of benzene rings is 10. The predicted octanol–water partition coefficient (Wildman–Crippen LogP) is 25.8. The molecule has 110 heavy (non-hydrogen) atoms. The topological polar surface area (TPSA) is 96.8 Å². The molecule has 0 unspecified atom stereocenters. The Balaban J connectivity index is 0.000000160. The Bertz CT molecular complexity index is 5090. The number of pyridine rings is 6. The average Bonchev–Trinajstić information content (AvgIpc) is 0.719. The molecule has 0 radical (unpaired) electrons. The number of rotatable bonds is 16. The van der Waals surface area contributed by atoms with Crippen molar-refractivity contribution in [1.29, 1.82) is 0 Å². The summed E-state index contributed by atoms with van der Waals surface area (Å²) in [5.41, 5.74) is 25.3. The van der Waals surface area contributed by atoms with Gasteiger partial charge in [0.05, 0.1) is 57.4 Å². The number of anilines is 18. The minimum absolute atomic E-state index is 0.364. The van der Waals surface area contributed by atoms with Crippen LogP contribution in [-0.2, 0) is 10.8 Å². The van der Waals surface area contributed by atoms with E-state index in [0.29, 0.717) is 0 Å². The van der Waals surface area contributed by atoms with Crippen LogP contribution in [0.5, 0.6) is 0 Å². The van der Waals surface area contributed by atoms with Crippen LogP contribution in [0.1, 0.15) is 61.2 Å². The fraction of sp³-hybridized carbons (Fsp3) is 0.0816. The van der Waals surface area contributed by atoms with Crippen molar-refractivity contribution in [2.24, 2.45) is 0 Å². The molecule has 0 atom stereocenters. The Kier molecular flexibility index (Phi) is 18.6. The molecular weight excluding hydrogens is 1350 g/mol. The van der Waals surface area contributed by atoms with Gasteiger partial charge in [-0.1, -0.05) is 185 Å². The smallest absolute Gasteiger partial charge is 0.138 e. The molecule has 2 aliphatic rings. The van der Waals surface area contributed by atoms with Crippen molar-refractivity contribution in [3.8, 4) is 22.5 Å². The van der Waals surface area contributed by atoms with Crippen LogP contribution in [0.25, 0.3) is 22.5 Å². The van der Waals surface area contributed by atoms with Crippen molar-refractivity contribution >= 4 is 103 Å². The first-order chi connectivity index (χ1) is 53.9. The first-order valence-electron chi connectivity index (χ1n) is 37.2. The van der Waals surface area contributed by atoms with Crippen LogP contribution in [0.2, 0.25) is 0 Å². The zero-order valence-corrected chi connectivity index (χ0v) is 62.2. The van der Waals surface area contributed by atoms with Gasteiger partial charge in [-0.15, -0.1) is 0 Å². The molecule has 0 amide bonds. The zero-order chi connectivity index (χ0) is 74.7. The van der Waals surface area contributed by atoms with Crippen LogP contribution in [-0.4, -0.2) is 29.9 Å². The number of nitrogens with zero attached hydrogens (tertiary/aromatic N) is 12. The van der Waals surface area contributed by atoms with E-state index in [-0.39, 0.29) is 5.41 Å². The molecule has 0 saturated carbocycles. The molecule has 18 rings (SSSR count). The summed E-state index contributed by atoms with van der Waals surface area (Å²) >= 11 is 0. The number of aromatic nitrogens is 6. The Morgan fingerprint density at radius 2 is 0.536 bits per heavy atom. The van der Waals surface area contributed by atoms with E-state index in [0.717, 1.165) is 148 Å². The molecule has 12 heteroatoms. The predicted molar refractivity (Wildman–Crippen MR) is 452 cm³/mol. The van der Waals surface area contributed by atoms with Gasteiger partial charge in [0.2, 0.25) is 0 Å². The van der Waals surface area contributed by atoms with Crippen molar-refractivity contribution in [3.63, 3.8) is 0 Å². The monoisotopic (exact) mass is 1420 g/mol. The van der Waals surface area contributed by atoms with E-state index < -0.39 is 5.41 Å². The summed E-state index contributed by atoms with van der Waals surface area (Å²) in [7, 11) is 0. The number of para-hydroxylation sites is 4. The molecule has 10 aromatic carbocycles. The molecule has 16 aromatic rings. The summed E-state index contributed by atoms with van der Waals surface area (Å²) in [5, 5.41) is 0. The van der Waals surface area contributed by atoms with Crippen molar-refractivity contribution in [3.05, 3.63) is 410 Å². The van der Waals surface area contributed by atoms with Gasteiger partial charge in [0.15, 0.2) is 0 Å². The van der Waals surface area contributed by atoms with E-state index >= 15 is 0 Å². The Morgan fingerprint density at radius 1 is 0.245 bits per heavy atom. The Hall–Kier alpha value is -14.1. The van der Waals surface area contributed by atoms with Gasteiger partial charge in [-0.25, -0.2) is 19.9 Å². The highest BCUT2D eigenvalue weighted by molar-refractivity contribution is 5.94. The molecule has 0 fully saturated rings. The highest BCUT2D eigenvalue weighted by atomic mass is 15.3. The fourth-order valence-electron chi connectivity index (χ4n) is 15.5. The molecular formula is C98H80N12. The summed E-state index contributed by atoms with van der Waals surface area (Å²) in [6.45, 7) is 13.6. The van der Waals surface area contributed by atoms with E-state index in [1.165, 1.54) is 11.1 Å². The molecule has 8 heterocycles. The standard InChI is InChI=1S/C51H42N4.C47H38N8/c1-37-33-47(38-19-9-4-10-20-38)52-36-50(37)55-48-31-29-43(53(39-21-11-5-12-22-39)40-23-13-6-14-24-40)34-45(48)51(2,3)46-35-44(30-32-49(46)55)54(41-25-15-7-16-26-41)42-27-17-8-18-28-42;1-33-40(26-23-39(52-33)34-15-5-4-6-16-34)55-41-24-21-35(53(43-17-7-11-27-48-43)44-18-8-12-28-49-44)31-37(41)47(2,3)38-32-36(22-25-42(38)55)54(45-19-9-13-29-50-45)46-20-10-14-30-51-46/h4-36H,1-3H3;4-32H,1-3H3. The maximum Gasteiger partial charge on any atom is 0.138 e. The Labute approximate surface area is 643 Å². The maximum atomic E-state index is 5.16. The molecule has 0 bridgehead atoms. The Morgan fingerprint density at radius 3 is 0.845 bits per heavy atom. The molecule has 532 valence electrons. The summed E-state index contributed by atoms with van der Waals surface area (Å²) < 4.78 is 0. The molecule has 6 aromatic heterocycles. The van der Waals surface area contributed by atoms with Crippen molar-refractivity contribution in [2.75, 3.05) is 29.4 Å². The van der Waals surface area contributed by atoms with Gasteiger partial charge < -0.3 is 19.6 Å². The summed E-state index contributed by atoms with van der Waals surface area (Å²) in [4.78, 5) is 43.0. The van der Waals surface area contributed by atoms with Gasteiger partial charge >= 0.3 is 0 Å². The quantitative estimate of drug-likeness (QED) is 0.0921. The minimum atomic E-state index is -0.446.